The predicted molar refractivity (Wildman–Crippen MR) is 85.5 cm³/mol. The molecule has 5 nitrogen and oxygen atoms in total. The second-order valence-corrected chi connectivity index (χ2v) is 6.62. The molecule has 1 atom stereocenters. The SMILES string of the molecule is Cc1cc(NCC2NCCCC2(C)C)c(C(N)=O)c(C)n1. The number of anilines is 1. The van der Waals surface area contributed by atoms with E-state index < -0.39 is 5.91 Å². The average Bonchev–Trinajstić information content (AvgIpc) is 2.35. The maximum Gasteiger partial charge on any atom is 0.252 e. The summed E-state index contributed by atoms with van der Waals surface area (Å²) in [6.45, 7) is 10.1. The molecule has 5 heteroatoms. The Bertz CT molecular complexity index is 539. The molecular weight excluding hydrogens is 264 g/mol. The summed E-state index contributed by atoms with van der Waals surface area (Å²) in [4.78, 5) is 16.0. The van der Waals surface area contributed by atoms with Gasteiger partial charge in [0.25, 0.3) is 5.91 Å². The fraction of sp³-hybridized carbons (Fsp3) is 0.625. The molecule has 1 aliphatic rings. The molecule has 0 aromatic carbocycles. The molecule has 2 heterocycles. The summed E-state index contributed by atoms with van der Waals surface area (Å²) >= 11 is 0. The fourth-order valence-corrected chi connectivity index (χ4v) is 3.11. The van der Waals surface area contributed by atoms with Crippen LogP contribution in [-0.4, -0.2) is 30.0 Å². The standard InChI is InChI=1S/C16H26N4O/c1-10-8-12(14(15(17)21)11(2)20-10)19-9-13-16(3,4)6-5-7-18-13/h8,13,18H,5-7,9H2,1-4H3,(H2,17,21)(H,19,20). The van der Waals surface area contributed by atoms with Crippen LogP contribution in [0.5, 0.6) is 0 Å². The number of aromatic nitrogens is 1. The average molecular weight is 290 g/mol. The minimum absolute atomic E-state index is 0.245. The topological polar surface area (TPSA) is 80.0 Å². The van der Waals surface area contributed by atoms with Gasteiger partial charge in [0, 0.05) is 18.3 Å². The van der Waals surface area contributed by atoms with Crippen molar-refractivity contribution in [1.29, 1.82) is 0 Å². The van der Waals surface area contributed by atoms with E-state index in [-0.39, 0.29) is 5.41 Å². The highest BCUT2D eigenvalue weighted by Crippen LogP contribution is 2.30. The molecule has 116 valence electrons. The minimum atomic E-state index is -0.432. The van der Waals surface area contributed by atoms with Crippen LogP contribution in [0.3, 0.4) is 0 Å². The Labute approximate surface area is 126 Å². The molecule has 1 saturated heterocycles. The molecule has 1 fully saturated rings. The van der Waals surface area contributed by atoms with Crippen molar-refractivity contribution in [2.75, 3.05) is 18.4 Å². The first-order valence-electron chi connectivity index (χ1n) is 7.56. The Hall–Kier alpha value is -1.62. The monoisotopic (exact) mass is 290 g/mol. The fourth-order valence-electron chi connectivity index (χ4n) is 3.11. The number of carbonyl (C=O) groups excluding carboxylic acids is 1. The highest BCUT2D eigenvalue weighted by Gasteiger charge is 2.31. The summed E-state index contributed by atoms with van der Waals surface area (Å²) in [7, 11) is 0. The largest absolute Gasteiger partial charge is 0.383 e. The molecule has 4 N–H and O–H groups in total. The summed E-state index contributed by atoms with van der Waals surface area (Å²) in [6.07, 6.45) is 2.42. The number of rotatable bonds is 4. The Kier molecular flexibility index (Phi) is 4.52. The number of hydrogen-bond acceptors (Lipinski definition) is 4. The summed E-state index contributed by atoms with van der Waals surface area (Å²) in [5.74, 6) is -0.432. The lowest BCUT2D eigenvalue weighted by atomic mass is 9.77. The van der Waals surface area contributed by atoms with Crippen LogP contribution in [0, 0.1) is 19.3 Å². The Morgan fingerprint density at radius 2 is 2.24 bits per heavy atom. The molecule has 0 bridgehead atoms. The van der Waals surface area contributed by atoms with Crippen molar-refractivity contribution in [2.24, 2.45) is 11.1 Å². The third kappa shape index (κ3) is 3.53. The van der Waals surface area contributed by atoms with Crippen molar-refractivity contribution in [3.8, 4) is 0 Å². The predicted octanol–water partition coefficient (Wildman–Crippen LogP) is 1.99. The third-order valence-electron chi connectivity index (χ3n) is 4.40. The van der Waals surface area contributed by atoms with Crippen molar-refractivity contribution >= 4 is 11.6 Å². The number of aryl methyl sites for hydroxylation is 2. The molecule has 1 aliphatic heterocycles. The van der Waals surface area contributed by atoms with Crippen molar-refractivity contribution in [3.63, 3.8) is 0 Å². The minimum Gasteiger partial charge on any atom is -0.383 e. The van der Waals surface area contributed by atoms with Crippen molar-refractivity contribution < 1.29 is 4.79 Å². The highest BCUT2D eigenvalue weighted by atomic mass is 16.1. The molecule has 0 saturated carbocycles. The van der Waals surface area contributed by atoms with Crippen LogP contribution >= 0.6 is 0 Å². The van der Waals surface area contributed by atoms with E-state index in [0.717, 1.165) is 24.5 Å². The van der Waals surface area contributed by atoms with Gasteiger partial charge in [-0.15, -0.1) is 0 Å². The number of nitrogens with two attached hydrogens (primary N) is 1. The van der Waals surface area contributed by atoms with Gasteiger partial charge in [-0.05, 0) is 44.7 Å². The molecule has 1 aromatic heterocycles. The quantitative estimate of drug-likeness (QED) is 0.792. The molecule has 0 radical (unpaired) electrons. The van der Waals surface area contributed by atoms with Gasteiger partial charge in [-0.3, -0.25) is 9.78 Å². The Morgan fingerprint density at radius 1 is 1.52 bits per heavy atom. The first-order chi connectivity index (χ1) is 9.81. The first kappa shape index (κ1) is 15.8. The van der Waals surface area contributed by atoms with Gasteiger partial charge in [-0.1, -0.05) is 13.8 Å². The van der Waals surface area contributed by atoms with Gasteiger partial charge in [0.15, 0.2) is 0 Å². The van der Waals surface area contributed by atoms with Crippen LogP contribution in [0.4, 0.5) is 5.69 Å². The van der Waals surface area contributed by atoms with E-state index in [2.05, 4.69) is 29.5 Å². The smallest absolute Gasteiger partial charge is 0.252 e. The Morgan fingerprint density at radius 3 is 2.86 bits per heavy atom. The summed E-state index contributed by atoms with van der Waals surface area (Å²) in [5, 5.41) is 6.96. The molecule has 0 spiro atoms. The van der Waals surface area contributed by atoms with E-state index in [0.29, 0.717) is 17.3 Å². The van der Waals surface area contributed by atoms with Crippen LogP contribution in [0.1, 0.15) is 48.4 Å². The molecule has 0 aliphatic carbocycles. The lowest BCUT2D eigenvalue weighted by molar-refractivity contribution is 0.1000. The number of hydrogen-bond donors (Lipinski definition) is 3. The first-order valence-corrected chi connectivity index (χ1v) is 7.56. The van der Waals surface area contributed by atoms with E-state index >= 15 is 0 Å². The van der Waals surface area contributed by atoms with Crippen molar-refractivity contribution in [1.82, 2.24) is 10.3 Å². The van der Waals surface area contributed by atoms with Crippen LogP contribution < -0.4 is 16.4 Å². The molecule has 1 unspecified atom stereocenters. The van der Waals surface area contributed by atoms with Gasteiger partial charge < -0.3 is 16.4 Å². The molecule has 1 amide bonds. The van der Waals surface area contributed by atoms with Crippen molar-refractivity contribution in [2.45, 2.75) is 46.6 Å². The maximum absolute atomic E-state index is 11.7. The zero-order valence-corrected chi connectivity index (χ0v) is 13.4. The third-order valence-corrected chi connectivity index (χ3v) is 4.40. The maximum atomic E-state index is 11.7. The van der Waals surface area contributed by atoms with Gasteiger partial charge in [0.05, 0.1) is 16.9 Å². The lowest BCUT2D eigenvalue weighted by Gasteiger charge is -2.39. The van der Waals surface area contributed by atoms with E-state index in [4.69, 9.17) is 5.73 Å². The summed E-state index contributed by atoms with van der Waals surface area (Å²) in [6, 6.07) is 2.27. The zero-order valence-electron chi connectivity index (χ0n) is 13.4. The second-order valence-electron chi connectivity index (χ2n) is 6.62. The van der Waals surface area contributed by atoms with Crippen LogP contribution in [0.2, 0.25) is 0 Å². The van der Waals surface area contributed by atoms with E-state index in [9.17, 15) is 4.79 Å². The number of piperidine rings is 1. The number of primary amides is 1. The van der Waals surface area contributed by atoms with E-state index in [1.54, 1.807) is 0 Å². The number of pyridine rings is 1. The summed E-state index contributed by atoms with van der Waals surface area (Å²) in [5.41, 5.74) is 8.59. The molecule has 21 heavy (non-hydrogen) atoms. The highest BCUT2D eigenvalue weighted by molar-refractivity contribution is 5.99. The number of amides is 1. The number of carbonyl (C=O) groups is 1. The Balaban J connectivity index is 2.18. The van der Waals surface area contributed by atoms with Crippen LogP contribution in [0.15, 0.2) is 6.07 Å². The zero-order chi connectivity index (χ0) is 15.6. The molecule has 2 rings (SSSR count). The summed E-state index contributed by atoms with van der Waals surface area (Å²) < 4.78 is 0. The van der Waals surface area contributed by atoms with E-state index in [1.165, 1.54) is 12.8 Å². The normalized spacial score (nSPS) is 21.0. The van der Waals surface area contributed by atoms with Crippen molar-refractivity contribution in [3.05, 3.63) is 23.0 Å². The van der Waals surface area contributed by atoms with Gasteiger partial charge in [0.2, 0.25) is 0 Å². The van der Waals surface area contributed by atoms with Crippen LogP contribution in [-0.2, 0) is 0 Å². The van der Waals surface area contributed by atoms with Crippen LogP contribution in [0.25, 0.3) is 0 Å². The van der Waals surface area contributed by atoms with Gasteiger partial charge in [-0.25, -0.2) is 0 Å². The number of nitrogens with one attached hydrogen (secondary N) is 2. The molecular formula is C16H26N4O. The lowest BCUT2D eigenvalue weighted by Crippen LogP contribution is -2.50. The van der Waals surface area contributed by atoms with Gasteiger partial charge in [0.1, 0.15) is 0 Å². The van der Waals surface area contributed by atoms with Gasteiger partial charge >= 0.3 is 0 Å². The van der Waals surface area contributed by atoms with Gasteiger partial charge in [-0.2, -0.15) is 0 Å². The molecule has 1 aromatic rings. The number of nitrogens with zero attached hydrogens (tertiary/aromatic N) is 1. The second kappa shape index (κ2) is 6.02. The van der Waals surface area contributed by atoms with E-state index in [1.807, 2.05) is 19.9 Å².